The molecule has 1 aliphatic heterocycles. The summed E-state index contributed by atoms with van der Waals surface area (Å²) in [5, 5.41) is 0. The van der Waals surface area contributed by atoms with Gasteiger partial charge in [0.25, 0.3) is 0 Å². The highest BCUT2D eigenvalue weighted by Crippen LogP contribution is 2.63. The topological polar surface area (TPSA) is 76.3 Å². The highest BCUT2D eigenvalue weighted by molar-refractivity contribution is 6.25. The smallest absolute Gasteiger partial charge is 0.239 e. The minimum Gasteiger partial charge on any atom is -0.397 e. The number of aromatic nitrogens is 1. The maximum absolute atomic E-state index is 12.1. The van der Waals surface area contributed by atoms with E-state index in [1.54, 1.807) is 12.1 Å². The second kappa shape index (κ2) is 2.85. The van der Waals surface area contributed by atoms with Crippen LogP contribution in [0, 0.1) is 17.3 Å². The maximum atomic E-state index is 12.1. The predicted molar refractivity (Wildman–Crippen MR) is 61.9 cm³/mol. The number of carbonyl (C=O) groups excluding carboxylic acids is 2. The molecule has 2 fully saturated rings. The third kappa shape index (κ3) is 1.16. The van der Waals surface area contributed by atoms with Crippen molar-refractivity contribution in [3.8, 4) is 0 Å². The molecule has 2 amide bonds. The quantitative estimate of drug-likeness (QED) is 0.725. The highest BCUT2D eigenvalue weighted by atomic mass is 16.2. The van der Waals surface area contributed by atoms with Crippen molar-refractivity contribution >= 4 is 23.3 Å². The molecule has 2 N–H and O–H groups in total. The zero-order chi connectivity index (χ0) is 12.4. The second-order valence-corrected chi connectivity index (χ2v) is 5.24. The van der Waals surface area contributed by atoms with Crippen LogP contribution in [-0.2, 0) is 9.59 Å². The van der Waals surface area contributed by atoms with Gasteiger partial charge in [-0.15, -0.1) is 0 Å². The van der Waals surface area contributed by atoms with Gasteiger partial charge >= 0.3 is 0 Å². The lowest BCUT2D eigenvalue weighted by Gasteiger charge is -2.19. The van der Waals surface area contributed by atoms with Gasteiger partial charge in [0.1, 0.15) is 5.82 Å². The number of nitrogen functional groups attached to an aromatic ring is 1. The Labute approximate surface area is 98.6 Å². The van der Waals surface area contributed by atoms with E-state index in [1.165, 1.54) is 11.1 Å². The van der Waals surface area contributed by atoms with Crippen LogP contribution in [0.25, 0.3) is 0 Å². The van der Waals surface area contributed by atoms with Crippen LogP contribution in [0.5, 0.6) is 0 Å². The Hall–Kier alpha value is -1.91. The molecular formula is C12H13N3O2. The molecule has 1 aromatic heterocycles. The van der Waals surface area contributed by atoms with E-state index in [0.717, 1.165) is 0 Å². The number of nitrogens with two attached hydrogens (primary N) is 1. The molecule has 5 nitrogen and oxygen atoms in total. The van der Waals surface area contributed by atoms with E-state index in [9.17, 15) is 9.59 Å². The molecule has 0 bridgehead atoms. The summed E-state index contributed by atoms with van der Waals surface area (Å²) in [4.78, 5) is 29.4. The monoisotopic (exact) mass is 231 g/mol. The summed E-state index contributed by atoms with van der Waals surface area (Å²) in [5.74, 6) is -0.245. The van der Waals surface area contributed by atoms with Crippen LogP contribution in [0.1, 0.15) is 13.8 Å². The molecule has 1 saturated carbocycles. The summed E-state index contributed by atoms with van der Waals surface area (Å²) in [6.07, 6.45) is 1.45. The number of rotatable bonds is 1. The lowest BCUT2D eigenvalue weighted by Crippen LogP contribution is -2.36. The molecule has 2 unspecified atom stereocenters. The predicted octanol–water partition coefficient (Wildman–Crippen LogP) is 0.809. The first-order valence-corrected chi connectivity index (χ1v) is 5.54. The number of anilines is 2. The fraction of sp³-hybridized carbons (Fsp3) is 0.417. The van der Waals surface area contributed by atoms with Gasteiger partial charge < -0.3 is 5.73 Å². The number of imide groups is 1. The van der Waals surface area contributed by atoms with Gasteiger partial charge in [-0.1, -0.05) is 13.8 Å². The van der Waals surface area contributed by atoms with Crippen molar-refractivity contribution in [1.82, 2.24) is 4.98 Å². The average Bonchev–Trinajstić information content (AvgIpc) is 2.72. The largest absolute Gasteiger partial charge is 0.397 e. The number of hydrogen-bond donors (Lipinski definition) is 1. The first kappa shape index (κ1) is 10.3. The molecule has 0 radical (unpaired) electrons. The van der Waals surface area contributed by atoms with E-state index in [0.29, 0.717) is 11.5 Å². The van der Waals surface area contributed by atoms with Crippen molar-refractivity contribution in [3.05, 3.63) is 18.3 Å². The van der Waals surface area contributed by atoms with Crippen molar-refractivity contribution in [3.63, 3.8) is 0 Å². The third-order valence-electron chi connectivity index (χ3n) is 3.80. The highest BCUT2D eigenvalue weighted by Gasteiger charge is 2.72. The average molecular weight is 231 g/mol. The lowest BCUT2D eigenvalue weighted by atomic mass is 10.1. The zero-order valence-electron chi connectivity index (χ0n) is 9.68. The molecule has 2 heterocycles. The van der Waals surface area contributed by atoms with Gasteiger partial charge in [-0.3, -0.25) is 9.59 Å². The number of carbonyl (C=O) groups is 2. The van der Waals surface area contributed by atoms with Crippen molar-refractivity contribution < 1.29 is 9.59 Å². The summed E-state index contributed by atoms with van der Waals surface area (Å²) in [6, 6.07) is 3.24. The van der Waals surface area contributed by atoms with Gasteiger partial charge in [0.15, 0.2) is 0 Å². The Kier molecular flexibility index (Phi) is 1.72. The number of hydrogen-bond acceptors (Lipinski definition) is 4. The molecular weight excluding hydrogens is 218 g/mol. The number of fused-ring (bicyclic) bond motifs is 1. The first-order valence-electron chi connectivity index (χ1n) is 5.54. The number of nitrogens with zero attached hydrogens (tertiary/aromatic N) is 2. The normalized spacial score (nSPS) is 29.4. The van der Waals surface area contributed by atoms with E-state index in [2.05, 4.69) is 4.98 Å². The van der Waals surface area contributed by atoms with Gasteiger partial charge in [-0.2, -0.15) is 0 Å². The van der Waals surface area contributed by atoms with Crippen LogP contribution in [-0.4, -0.2) is 16.8 Å². The minimum absolute atomic E-state index is 0.137. The molecule has 1 aromatic rings. The molecule has 0 spiro atoms. The summed E-state index contributed by atoms with van der Waals surface area (Å²) in [7, 11) is 0. The standard InChI is InChI=1S/C12H13N3O2/c1-12(2)8-9(12)11(17)15(10(8)16)7-4-3-6(13)5-14-7/h3-5,8-9H,13H2,1-2H3. The Morgan fingerprint density at radius 3 is 2.29 bits per heavy atom. The molecule has 2 atom stereocenters. The van der Waals surface area contributed by atoms with Crippen molar-refractivity contribution in [1.29, 1.82) is 0 Å². The van der Waals surface area contributed by atoms with Crippen LogP contribution < -0.4 is 10.6 Å². The SMILES string of the molecule is CC1(C)C2C(=O)N(c3ccc(N)cn3)C(=O)C21. The Morgan fingerprint density at radius 2 is 1.82 bits per heavy atom. The van der Waals surface area contributed by atoms with Crippen LogP contribution in [0.2, 0.25) is 0 Å². The second-order valence-electron chi connectivity index (χ2n) is 5.24. The molecule has 88 valence electrons. The molecule has 5 heteroatoms. The van der Waals surface area contributed by atoms with Crippen LogP contribution in [0.15, 0.2) is 18.3 Å². The van der Waals surface area contributed by atoms with Crippen LogP contribution in [0.3, 0.4) is 0 Å². The van der Waals surface area contributed by atoms with E-state index in [-0.39, 0.29) is 29.1 Å². The Bertz CT molecular complexity index is 497. The van der Waals surface area contributed by atoms with Crippen molar-refractivity contribution in [2.45, 2.75) is 13.8 Å². The molecule has 3 rings (SSSR count). The van der Waals surface area contributed by atoms with Gasteiger partial charge in [-0.25, -0.2) is 9.88 Å². The van der Waals surface area contributed by atoms with E-state index in [1.807, 2.05) is 13.8 Å². The molecule has 2 aliphatic rings. The number of amides is 2. The summed E-state index contributed by atoms with van der Waals surface area (Å²) in [6.45, 7) is 3.90. The van der Waals surface area contributed by atoms with E-state index < -0.39 is 0 Å². The van der Waals surface area contributed by atoms with Crippen molar-refractivity contribution in [2.75, 3.05) is 10.6 Å². The minimum atomic E-state index is -0.182. The van der Waals surface area contributed by atoms with Gasteiger partial charge in [-0.05, 0) is 17.5 Å². The fourth-order valence-electron chi connectivity index (χ4n) is 2.70. The lowest BCUT2D eigenvalue weighted by molar-refractivity contribution is -0.125. The van der Waals surface area contributed by atoms with E-state index >= 15 is 0 Å². The van der Waals surface area contributed by atoms with Crippen LogP contribution in [0.4, 0.5) is 11.5 Å². The first-order chi connectivity index (χ1) is 7.94. The Balaban J connectivity index is 1.95. The summed E-state index contributed by atoms with van der Waals surface area (Å²) in [5.41, 5.74) is 5.85. The van der Waals surface area contributed by atoms with E-state index in [4.69, 9.17) is 5.73 Å². The Morgan fingerprint density at radius 1 is 1.24 bits per heavy atom. The number of pyridine rings is 1. The van der Waals surface area contributed by atoms with Crippen LogP contribution >= 0.6 is 0 Å². The summed E-state index contributed by atoms with van der Waals surface area (Å²) < 4.78 is 0. The van der Waals surface area contributed by atoms with Gasteiger partial charge in [0, 0.05) is 0 Å². The molecule has 1 saturated heterocycles. The maximum Gasteiger partial charge on any atom is 0.239 e. The molecule has 0 aromatic carbocycles. The molecule has 1 aliphatic carbocycles. The summed E-state index contributed by atoms with van der Waals surface area (Å²) >= 11 is 0. The molecule has 17 heavy (non-hydrogen) atoms. The third-order valence-corrected chi connectivity index (χ3v) is 3.80. The number of piperidine rings is 1. The fourth-order valence-corrected chi connectivity index (χ4v) is 2.70. The zero-order valence-corrected chi connectivity index (χ0v) is 9.68. The van der Waals surface area contributed by atoms with Gasteiger partial charge in [0.2, 0.25) is 11.8 Å². The van der Waals surface area contributed by atoms with Gasteiger partial charge in [0.05, 0.1) is 23.7 Å². The van der Waals surface area contributed by atoms with Crippen molar-refractivity contribution in [2.24, 2.45) is 17.3 Å².